The first-order chi connectivity index (χ1) is 10.0. The van der Waals surface area contributed by atoms with Crippen LogP contribution in [0.5, 0.6) is 0 Å². The Morgan fingerprint density at radius 1 is 1.24 bits per heavy atom. The Bertz CT molecular complexity index is 490. The predicted octanol–water partition coefficient (Wildman–Crippen LogP) is 4.12. The monoisotopic (exact) mass is 288 g/mol. The molecule has 114 valence electrons. The van der Waals surface area contributed by atoms with E-state index in [2.05, 4.69) is 20.8 Å². The molecule has 3 atom stereocenters. The third-order valence-corrected chi connectivity index (χ3v) is 4.50. The molecule has 0 radical (unpaired) electrons. The summed E-state index contributed by atoms with van der Waals surface area (Å²) in [5.41, 5.74) is 1.08. The van der Waals surface area contributed by atoms with Gasteiger partial charge in [0.2, 0.25) is 0 Å². The van der Waals surface area contributed by atoms with Crippen molar-refractivity contribution in [2.24, 2.45) is 17.8 Å². The van der Waals surface area contributed by atoms with Gasteiger partial charge >= 0.3 is 5.97 Å². The fourth-order valence-corrected chi connectivity index (χ4v) is 3.15. The molecule has 1 aromatic carbocycles. The lowest BCUT2D eigenvalue weighted by Crippen LogP contribution is -2.35. The van der Waals surface area contributed by atoms with Gasteiger partial charge in [-0.25, -0.2) is 4.79 Å². The SMILES string of the molecule is CC(C)[C@H]1CC[C@@H](C)C[C@@H]1OC(=O)c1ccc(C=O)cc1. The molecular weight excluding hydrogens is 264 g/mol. The van der Waals surface area contributed by atoms with E-state index in [9.17, 15) is 9.59 Å². The van der Waals surface area contributed by atoms with Crippen molar-refractivity contribution in [2.75, 3.05) is 0 Å². The van der Waals surface area contributed by atoms with E-state index >= 15 is 0 Å². The average Bonchev–Trinajstić information content (AvgIpc) is 2.47. The van der Waals surface area contributed by atoms with E-state index in [1.54, 1.807) is 24.3 Å². The Kier molecular flexibility index (Phi) is 5.16. The number of ether oxygens (including phenoxy) is 1. The highest BCUT2D eigenvalue weighted by molar-refractivity contribution is 5.90. The maximum absolute atomic E-state index is 12.3. The second-order valence-corrected chi connectivity index (χ2v) is 6.51. The average molecular weight is 288 g/mol. The highest BCUT2D eigenvalue weighted by Crippen LogP contribution is 2.35. The van der Waals surface area contributed by atoms with Crippen LogP contribution < -0.4 is 0 Å². The lowest BCUT2D eigenvalue weighted by Gasteiger charge is -2.36. The molecule has 0 aromatic heterocycles. The molecule has 0 amide bonds. The highest BCUT2D eigenvalue weighted by Gasteiger charge is 2.33. The molecule has 1 aromatic rings. The van der Waals surface area contributed by atoms with Gasteiger partial charge in [-0.05, 0) is 42.7 Å². The summed E-state index contributed by atoms with van der Waals surface area (Å²) in [6, 6.07) is 6.60. The van der Waals surface area contributed by atoms with Gasteiger partial charge in [0.15, 0.2) is 0 Å². The first kappa shape index (κ1) is 15.7. The van der Waals surface area contributed by atoms with Crippen molar-refractivity contribution in [3.05, 3.63) is 35.4 Å². The minimum absolute atomic E-state index is 0.00648. The molecule has 0 N–H and O–H groups in total. The zero-order valence-corrected chi connectivity index (χ0v) is 13.0. The van der Waals surface area contributed by atoms with E-state index in [1.165, 1.54) is 6.42 Å². The molecule has 0 aliphatic heterocycles. The molecule has 0 saturated heterocycles. The number of esters is 1. The summed E-state index contributed by atoms with van der Waals surface area (Å²) in [4.78, 5) is 22.9. The maximum Gasteiger partial charge on any atom is 0.338 e. The normalized spacial score (nSPS) is 25.6. The van der Waals surface area contributed by atoms with Crippen LogP contribution in [-0.4, -0.2) is 18.4 Å². The van der Waals surface area contributed by atoms with Crippen LogP contribution in [0.2, 0.25) is 0 Å². The fraction of sp³-hybridized carbons (Fsp3) is 0.556. The van der Waals surface area contributed by atoms with Crippen LogP contribution in [-0.2, 0) is 4.74 Å². The Morgan fingerprint density at radius 3 is 2.48 bits per heavy atom. The van der Waals surface area contributed by atoms with E-state index in [-0.39, 0.29) is 12.1 Å². The lowest BCUT2D eigenvalue weighted by molar-refractivity contribution is -0.0174. The Morgan fingerprint density at radius 2 is 1.90 bits per heavy atom. The summed E-state index contributed by atoms with van der Waals surface area (Å²) in [7, 11) is 0. The summed E-state index contributed by atoms with van der Waals surface area (Å²) in [5.74, 6) is 1.29. The van der Waals surface area contributed by atoms with Crippen molar-refractivity contribution in [1.82, 2.24) is 0 Å². The molecule has 2 rings (SSSR count). The lowest BCUT2D eigenvalue weighted by atomic mass is 9.75. The number of hydrogen-bond acceptors (Lipinski definition) is 3. The summed E-state index contributed by atoms with van der Waals surface area (Å²) >= 11 is 0. The van der Waals surface area contributed by atoms with Crippen LogP contribution in [0.25, 0.3) is 0 Å². The molecule has 1 saturated carbocycles. The smallest absolute Gasteiger partial charge is 0.338 e. The molecule has 0 heterocycles. The maximum atomic E-state index is 12.3. The molecule has 0 bridgehead atoms. The summed E-state index contributed by atoms with van der Waals surface area (Å²) in [6.45, 7) is 6.61. The fourth-order valence-electron chi connectivity index (χ4n) is 3.15. The minimum atomic E-state index is -0.280. The third-order valence-electron chi connectivity index (χ3n) is 4.50. The number of benzene rings is 1. The summed E-state index contributed by atoms with van der Waals surface area (Å²) < 4.78 is 5.77. The van der Waals surface area contributed by atoms with Crippen LogP contribution in [0, 0.1) is 17.8 Å². The summed E-state index contributed by atoms with van der Waals surface area (Å²) in [5, 5.41) is 0. The number of aldehydes is 1. The summed E-state index contributed by atoms with van der Waals surface area (Å²) in [6.07, 6.45) is 4.06. The van der Waals surface area contributed by atoms with Crippen molar-refractivity contribution in [3.63, 3.8) is 0 Å². The van der Waals surface area contributed by atoms with Crippen molar-refractivity contribution in [1.29, 1.82) is 0 Å². The van der Waals surface area contributed by atoms with Crippen LogP contribution >= 0.6 is 0 Å². The molecule has 1 aliphatic rings. The molecular formula is C18H24O3. The van der Waals surface area contributed by atoms with Crippen LogP contribution in [0.3, 0.4) is 0 Å². The van der Waals surface area contributed by atoms with Gasteiger partial charge in [0.25, 0.3) is 0 Å². The minimum Gasteiger partial charge on any atom is -0.458 e. The molecule has 21 heavy (non-hydrogen) atoms. The Hall–Kier alpha value is -1.64. The zero-order chi connectivity index (χ0) is 15.4. The van der Waals surface area contributed by atoms with Gasteiger partial charge in [-0.2, -0.15) is 0 Å². The van der Waals surface area contributed by atoms with Gasteiger partial charge < -0.3 is 4.74 Å². The van der Waals surface area contributed by atoms with Crippen LogP contribution in [0.15, 0.2) is 24.3 Å². The molecule has 1 aliphatic carbocycles. The van der Waals surface area contributed by atoms with E-state index in [0.717, 1.165) is 19.1 Å². The predicted molar refractivity (Wildman–Crippen MR) is 82.4 cm³/mol. The molecule has 0 unspecified atom stereocenters. The van der Waals surface area contributed by atoms with Gasteiger partial charge in [-0.1, -0.05) is 39.3 Å². The van der Waals surface area contributed by atoms with Crippen LogP contribution in [0.1, 0.15) is 60.7 Å². The van der Waals surface area contributed by atoms with E-state index < -0.39 is 0 Å². The topological polar surface area (TPSA) is 43.4 Å². The standard InChI is InChI=1S/C18H24O3/c1-12(2)16-9-4-13(3)10-17(16)21-18(20)15-7-5-14(11-19)6-8-15/h5-8,11-13,16-17H,4,9-10H2,1-3H3/t13-,16-,17+/m1/s1. The van der Waals surface area contributed by atoms with Gasteiger partial charge in [-0.3, -0.25) is 4.79 Å². The number of rotatable bonds is 4. The highest BCUT2D eigenvalue weighted by atomic mass is 16.5. The molecule has 0 spiro atoms. The van der Waals surface area contributed by atoms with E-state index in [4.69, 9.17) is 4.74 Å². The quantitative estimate of drug-likeness (QED) is 0.618. The van der Waals surface area contributed by atoms with Crippen molar-refractivity contribution >= 4 is 12.3 Å². The third kappa shape index (κ3) is 3.93. The largest absolute Gasteiger partial charge is 0.458 e. The molecule has 1 fully saturated rings. The molecule has 3 heteroatoms. The van der Waals surface area contributed by atoms with Gasteiger partial charge in [0.05, 0.1) is 5.56 Å². The number of hydrogen-bond donors (Lipinski definition) is 0. The zero-order valence-electron chi connectivity index (χ0n) is 13.0. The first-order valence-electron chi connectivity index (χ1n) is 7.77. The second kappa shape index (κ2) is 6.88. The Balaban J connectivity index is 2.06. The van der Waals surface area contributed by atoms with E-state index in [0.29, 0.717) is 28.9 Å². The second-order valence-electron chi connectivity index (χ2n) is 6.51. The molecule has 3 nitrogen and oxygen atoms in total. The van der Waals surface area contributed by atoms with Gasteiger partial charge in [0, 0.05) is 5.56 Å². The van der Waals surface area contributed by atoms with Crippen molar-refractivity contribution in [2.45, 2.75) is 46.1 Å². The van der Waals surface area contributed by atoms with Crippen LogP contribution in [0.4, 0.5) is 0 Å². The number of carbonyl (C=O) groups is 2. The van der Waals surface area contributed by atoms with E-state index in [1.807, 2.05) is 0 Å². The van der Waals surface area contributed by atoms with Gasteiger partial charge in [-0.15, -0.1) is 0 Å². The first-order valence-corrected chi connectivity index (χ1v) is 7.77. The van der Waals surface area contributed by atoms with Crippen molar-refractivity contribution in [3.8, 4) is 0 Å². The van der Waals surface area contributed by atoms with Crippen molar-refractivity contribution < 1.29 is 14.3 Å². The Labute approximate surface area is 126 Å². The number of carbonyl (C=O) groups excluding carboxylic acids is 2. The van der Waals surface area contributed by atoms with Gasteiger partial charge in [0.1, 0.15) is 12.4 Å².